The average molecular weight is 391 g/mol. The third-order valence-corrected chi connectivity index (χ3v) is 3.02. The Balaban J connectivity index is 2.32. The van der Waals surface area contributed by atoms with Crippen molar-refractivity contribution in [1.29, 1.82) is 0 Å². The summed E-state index contributed by atoms with van der Waals surface area (Å²) in [5, 5.41) is 1.87. The van der Waals surface area contributed by atoms with Gasteiger partial charge in [-0.3, -0.25) is 0 Å². The molecule has 130 valence electrons. The molecule has 24 heavy (non-hydrogen) atoms. The molecule has 1 aromatic heterocycles. The number of nitrogens with one attached hydrogen (secondary N) is 1. The van der Waals surface area contributed by atoms with Crippen LogP contribution < -0.4 is 5.32 Å². The molecule has 0 amide bonds. The molecular weight excluding hydrogens is 385 g/mol. The van der Waals surface area contributed by atoms with Crippen LogP contribution in [0.25, 0.3) is 0 Å². The number of rotatable bonds is 3. The third kappa shape index (κ3) is 4.84. The molecular formula is C12H6Cl2F6N4. The number of aromatic nitrogens is 3. The Morgan fingerprint density at radius 3 is 1.67 bits per heavy atom. The molecule has 0 aliphatic rings. The highest BCUT2D eigenvalue weighted by atomic mass is 35.5. The van der Waals surface area contributed by atoms with Crippen LogP contribution in [0.15, 0.2) is 18.2 Å². The molecule has 0 fully saturated rings. The SMILES string of the molecule is FC(F)(F)c1cc(CNc2nc(Cl)nc(Cl)n2)cc(C(F)(F)F)c1. The molecule has 0 spiro atoms. The van der Waals surface area contributed by atoms with E-state index < -0.39 is 30.0 Å². The van der Waals surface area contributed by atoms with Gasteiger partial charge in [-0.1, -0.05) is 0 Å². The largest absolute Gasteiger partial charge is 0.416 e. The normalized spacial score (nSPS) is 12.3. The highest BCUT2D eigenvalue weighted by molar-refractivity contribution is 6.31. The van der Waals surface area contributed by atoms with Gasteiger partial charge >= 0.3 is 12.4 Å². The minimum absolute atomic E-state index is 0.0418. The lowest BCUT2D eigenvalue weighted by molar-refractivity contribution is -0.143. The van der Waals surface area contributed by atoms with E-state index in [-0.39, 0.29) is 28.1 Å². The third-order valence-electron chi connectivity index (χ3n) is 2.68. The van der Waals surface area contributed by atoms with Gasteiger partial charge in [0.1, 0.15) is 0 Å². The molecule has 0 radical (unpaired) electrons. The van der Waals surface area contributed by atoms with Gasteiger partial charge in [0.05, 0.1) is 11.1 Å². The Morgan fingerprint density at radius 1 is 0.792 bits per heavy atom. The average Bonchev–Trinajstić information content (AvgIpc) is 2.42. The maximum atomic E-state index is 12.7. The van der Waals surface area contributed by atoms with Crippen LogP contribution in [0.2, 0.25) is 10.6 Å². The van der Waals surface area contributed by atoms with E-state index in [1.807, 2.05) is 0 Å². The lowest BCUT2D eigenvalue weighted by Crippen LogP contribution is -2.13. The Morgan fingerprint density at radius 2 is 1.25 bits per heavy atom. The quantitative estimate of drug-likeness (QED) is 0.762. The van der Waals surface area contributed by atoms with E-state index in [0.29, 0.717) is 12.1 Å². The van der Waals surface area contributed by atoms with Crippen LogP contribution in [0.4, 0.5) is 32.3 Å². The Bertz CT molecular complexity index is 695. The number of alkyl halides is 6. The first-order valence-corrected chi connectivity index (χ1v) is 6.80. The Labute approximate surface area is 140 Å². The summed E-state index contributed by atoms with van der Waals surface area (Å²) < 4.78 is 76.5. The van der Waals surface area contributed by atoms with E-state index in [1.54, 1.807) is 0 Å². The monoisotopic (exact) mass is 390 g/mol. The van der Waals surface area contributed by atoms with Crippen LogP contribution in [0.5, 0.6) is 0 Å². The number of anilines is 1. The predicted molar refractivity (Wildman–Crippen MR) is 73.6 cm³/mol. The molecule has 0 aliphatic heterocycles. The molecule has 0 bridgehead atoms. The van der Waals surface area contributed by atoms with Crippen LogP contribution in [0.1, 0.15) is 16.7 Å². The lowest BCUT2D eigenvalue weighted by Gasteiger charge is -2.14. The summed E-state index contributed by atoms with van der Waals surface area (Å²) in [6.07, 6.45) is -9.84. The summed E-state index contributed by atoms with van der Waals surface area (Å²) >= 11 is 11.0. The molecule has 1 aromatic carbocycles. The molecule has 0 saturated heterocycles. The molecule has 1 N–H and O–H groups in total. The van der Waals surface area contributed by atoms with Crippen molar-refractivity contribution in [3.8, 4) is 0 Å². The van der Waals surface area contributed by atoms with E-state index in [9.17, 15) is 26.3 Å². The van der Waals surface area contributed by atoms with E-state index in [2.05, 4.69) is 20.3 Å². The van der Waals surface area contributed by atoms with Gasteiger partial charge in [0.15, 0.2) is 0 Å². The first-order valence-electron chi connectivity index (χ1n) is 6.04. The summed E-state index contributed by atoms with van der Waals surface area (Å²) in [4.78, 5) is 10.6. The van der Waals surface area contributed by atoms with Gasteiger partial charge < -0.3 is 5.32 Å². The van der Waals surface area contributed by atoms with E-state index in [1.165, 1.54) is 0 Å². The van der Waals surface area contributed by atoms with Gasteiger partial charge in [-0.25, -0.2) is 0 Å². The van der Waals surface area contributed by atoms with Crippen molar-refractivity contribution in [2.24, 2.45) is 0 Å². The number of benzene rings is 1. The van der Waals surface area contributed by atoms with Crippen molar-refractivity contribution < 1.29 is 26.3 Å². The maximum absolute atomic E-state index is 12.7. The second-order valence-electron chi connectivity index (χ2n) is 4.46. The van der Waals surface area contributed by atoms with Crippen LogP contribution in [-0.4, -0.2) is 15.0 Å². The maximum Gasteiger partial charge on any atom is 0.416 e. The summed E-state index contributed by atoms with van der Waals surface area (Å²) in [5.74, 6) is -0.189. The number of hydrogen-bond acceptors (Lipinski definition) is 4. The van der Waals surface area contributed by atoms with Gasteiger partial charge in [0.25, 0.3) is 0 Å². The molecule has 0 unspecified atom stereocenters. The van der Waals surface area contributed by atoms with Crippen molar-refractivity contribution >= 4 is 29.2 Å². The van der Waals surface area contributed by atoms with Crippen molar-refractivity contribution in [1.82, 2.24) is 15.0 Å². The standard InChI is InChI=1S/C12H6Cl2F6N4/c13-8-22-9(14)24-10(23-8)21-4-5-1-6(11(15,16)17)3-7(2-5)12(18,19)20/h1-3H,4H2,(H,21,22,23,24). The molecule has 1 heterocycles. The van der Waals surface area contributed by atoms with Crippen LogP contribution in [0.3, 0.4) is 0 Å². The number of halogens is 8. The first-order chi connectivity index (χ1) is 10.9. The smallest absolute Gasteiger partial charge is 0.350 e. The predicted octanol–water partition coefficient (Wildman–Crippen LogP) is 4.83. The zero-order valence-corrected chi connectivity index (χ0v) is 12.8. The zero-order chi connectivity index (χ0) is 18.1. The minimum Gasteiger partial charge on any atom is -0.350 e. The minimum atomic E-state index is -4.92. The Hall–Kier alpha value is -1.81. The second kappa shape index (κ2) is 6.60. The van der Waals surface area contributed by atoms with E-state index in [0.717, 1.165) is 0 Å². The lowest BCUT2D eigenvalue weighted by atomic mass is 10.0. The Kier molecular flexibility index (Phi) is 5.09. The molecule has 4 nitrogen and oxygen atoms in total. The fourth-order valence-corrected chi connectivity index (χ4v) is 2.07. The topological polar surface area (TPSA) is 50.7 Å². The highest BCUT2D eigenvalue weighted by Gasteiger charge is 2.36. The van der Waals surface area contributed by atoms with Crippen molar-refractivity contribution in [2.75, 3.05) is 5.32 Å². The molecule has 2 rings (SSSR count). The van der Waals surface area contributed by atoms with E-state index >= 15 is 0 Å². The van der Waals surface area contributed by atoms with Gasteiger partial charge in [-0.2, -0.15) is 41.3 Å². The van der Waals surface area contributed by atoms with Crippen molar-refractivity contribution in [3.63, 3.8) is 0 Å². The molecule has 12 heteroatoms. The van der Waals surface area contributed by atoms with Crippen LogP contribution in [0, 0.1) is 0 Å². The van der Waals surface area contributed by atoms with Crippen LogP contribution >= 0.6 is 23.2 Å². The van der Waals surface area contributed by atoms with Gasteiger partial charge in [0.2, 0.25) is 16.5 Å². The van der Waals surface area contributed by atoms with Gasteiger partial charge in [-0.15, -0.1) is 0 Å². The van der Waals surface area contributed by atoms with Crippen LogP contribution in [-0.2, 0) is 18.9 Å². The fourth-order valence-electron chi connectivity index (χ4n) is 1.71. The van der Waals surface area contributed by atoms with Gasteiger partial charge in [-0.05, 0) is 47.0 Å². The summed E-state index contributed by atoms with van der Waals surface area (Å²) in [5.41, 5.74) is -3.11. The van der Waals surface area contributed by atoms with Gasteiger partial charge in [0, 0.05) is 6.54 Å². The fraction of sp³-hybridized carbons (Fsp3) is 0.250. The summed E-state index contributed by atoms with van der Waals surface area (Å²) in [6, 6.07) is 1.22. The highest BCUT2D eigenvalue weighted by Crippen LogP contribution is 2.36. The number of hydrogen-bond donors (Lipinski definition) is 1. The second-order valence-corrected chi connectivity index (χ2v) is 5.14. The molecule has 2 aromatic rings. The molecule has 0 saturated carbocycles. The van der Waals surface area contributed by atoms with E-state index in [4.69, 9.17) is 23.2 Å². The zero-order valence-electron chi connectivity index (χ0n) is 11.3. The molecule has 0 atom stereocenters. The summed E-state index contributed by atoms with van der Waals surface area (Å²) in [7, 11) is 0. The first kappa shape index (κ1) is 18.5. The van der Waals surface area contributed by atoms with Crippen molar-refractivity contribution in [2.45, 2.75) is 18.9 Å². The number of nitrogens with zero attached hydrogens (tertiary/aromatic N) is 3. The molecule has 0 aliphatic carbocycles. The van der Waals surface area contributed by atoms with Crippen molar-refractivity contribution in [3.05, 3.63) is 45.5 Å². The summed E-state index contributed by atoms with van der Waals surface area (Å²) in [6.45, 7) is -0.413.